The molecular weight excluding hydrogens is 453 g/mol. The summed E-state index contributed by atoms with van der Waals surface area (Å²) >= 11 is 0. The van der Waals surface area contributed by atoms with Crippen LogP contribution in [0.3, 0.4) is 0 Å². The van der Waals surface area contributed by atoms with Gasteiger partial charge in [-0.05, 0) is 22.3 Å². The van der Waals surface area contributed by atoms with Gasteiger partial charge in [-0.2, -0.15) is 0 Å². The molecule has 0 aliphatic rings. The van der Waals surface area contributed by atoms with Crippen molar-refractivity contribution in [2.24, 2.45) is 0 Å². The molecule has 9 nitrogen and oxygen atoms in total. The fourth-order valence-corrected chi connectivity index (χ4v) is 5.01. The first-order chi connectivity index (χ1) is 13.7. The Morgan fingerprint density at radius 1 is 0.767 bits per heavy atom. The van der Waals surface area contributed by atoms with Gasteiger partial charge in [0.1, 0.15) is 0 Å². The molecule has 2 rings (SSSR count). The summed E-state index contributed by atoms with van der Waals surface area (Å²) in [5.74, 6) is 0. The lowest BCUT2D eigenvalue weighted by atomic mass is 10.1. The van der Waals surface area contributed by atoms with Gasteiger partial charge >= 0.3 is 15.2 Å². The molecule has 2 aromatic carbocycles. The lowest BCUT2D eigenvalue weighted by molar-refractivity contribution is -0.334. The summed E-state index contributed by atoms with van der Waals surface area (Å²) in [6.45, 7) is 7.12. The highest BCUT2D eigenvalue weighted by Gasteiger charge is 2.21. The lowest BCUT2D eigenvalue weighted by Gasteiger charge is -2.30. The molecule has 0 aliphatic heterocycles. The monoisotopic (exact) mass is 474 g/mol. The number of hydrogen-bond acceptors (Lipinski definition) is 6. The van der Waals surface area contributed by atoms with Crippen molar-refractivity contribution in [3.63, 3.8) is 0 Å². The fraction of sp³-hybridized carbons (Fsp3) is 0.111. The first-order valence-electron chi connectivity index (χ1n) is 8.25. The van der Waals surface area contributed by atoms with Crippen LogP contribution in [0.15, 0.2) is 61.7 Å². The average molecular weight is 474 g/mol. The molecule has 3 N–H and O–H groups in total. The van der Waals surface area contributed by atoms with E-state index < -0.39 is 29.2 Å². The summed E-state index contributed by atoms with van der Waals surface area (Å²) in [5.41, 5.74) is 2.77. The number of rotatable bonds is 8. The molecule has 0 aliphatic carbocycles. The van der Waals surface area contributed by atoms with Gasteiger partial charge < -0.3 is 29.0 Å². The van der Waals surface area contributed by atoms with Crippen molar-refractivity contribution < 1.29 is 42.5 Å². The summed E-state index contributed by atoms with van der Waals surface area (Å²) in [6, 6.07) is 13.2. The summed E-state index contributed by atoms with van der Waals surface area (Å²) in [5, 5.41) is 0. The zero-order chi connectivity index (χ0) is 23.0. The fourth-order valence-electron chi connectivity index (χ4n) is 2.17. The maximum Gasteiger partial charge on any atom is 0.336 e. The van der Waals surface area contributed by atoms with E-state index in [2.05, 4.69) is 17.5 Å². The van der Waals surface area contributed by atoms with Crippen LogP contribution in [0.4, 0.5) is 0 Å². The van der Waals surface area contributed by atoms with E-state index in [1.807, 2.05) is 0 Å². The maximum absolute atomic E-state index is 11.3. The van der Waals surface area contributed by atoms with E-state index in [0.29, 0.717) is 11.1 Å². The molecule has 0 spiro atoms. The van der Waals surface area contributed by atoms with E-state index in [1.54, 1.807) is 48.6 Å². The molecule has 0 fully saturated rings. The van der Waals surface area contributed by atoms with Crippen LogP contribution in [0, 0.1) is 0 Å². The normalized spacial score (nSPS) is 13.5. The Hall–Kier alpha value is -1.63. The predicted octanol–water partition coefficient (Wildman–Crippen LogP) is 2.87. The van der Waals surface area contributed by atoms with Crippen LogP contribution in [0.25, 0.3) is 12.2 Å². The van der Waals surface area contributed by atoms with Crippen LogP contribution >= 0.6 is 23.0 Å². The van der Waals surface area contributed by atoms with Gasteiger partial charge in [0.15, 0.2) is 0 Å². The van der Waals surface area contributed by atoms with Gasteiger partial charge in [-0.15, -0.1) is 0 Å². The molecule has 30 heavy (non-hydrogen) atoms. The van der Waals surface area contributed by atoms with Crippen LogP contribution in [-0.2, 0) is 30.3 Å². The van der Waals surface area contributed by atoms with Crippen LogP contribution in [0.2, 0.25) is 0 Å². The first-order valence-corrected chi connectivity index (χ1v) is 13.3. The molecule has 1 atom stereocenters. The summed E-state index contributed by atoms with van der Waals surface area (Å²) in [4.78, 5) is 47.0. The van der Waals surface area contributed by atoms with E-state index >= 15 is 0 Å². The molecule has 0 saturated carbocycles. The molecule has 1 unspecified atom stereocenters. The molecule has 0 heterocycles. The Labute approximate surface area is 174 Å². The van der Waals surface area contributed by atoms with Gasteiger partial charge in [0.2, 0.25) is 0 Å². The highest BCUT2D eigenvalue weighted by molar-refractivity contribution is 7.62. The van der Waals surface area contributed by atoms with Crippen molar-refractivity contribution in [1.29, 1.82) is 0 Å². The van der Waals surface area contributed by atoms with Crippen molar-refractivity contribution >= 4 is 35.2 Å². The molecular formula is C18H21O9P3-2. The minimum atomic E-state index is -5.47. The van der Waals surface area contributed by atoms with E-state index in [4.69, 9.17) is 9.79 Å². The second kappa shape index (κ2) is 11.1. The third-order valence-electron chi connectivity index (χ3n) is 3.43. The molecule has 164 valence electrons. The average Bonchev–Trinajstić information content (AvgIpc) is 2.60. The van der Waals surface area contributed by atoms with E-state index in [9.17, 15) is 28.4 Å². The second-order valence-corrected chi connectivity index (χ2v) is 10.8. The second-order valence-electron chi connectivity index (χ2n) is 6.04. The first kappa shape index (κ1) is 26.4. The largest absolute Gasteiger partial charge is 0.789 e. The third-order valence-corrected chi connectivity index (χ3v) is 6.79. The van der Waals surface area contributed by atoms with E-state index in [-0.39, 0.29) is 6.16 Å². The Morgan fingerprint density at radius 3 is 1.43 bits per heavy atom. The van der Waals surface area contributed by atoms with Crippen molar-refractivity contribution in [3.05, 3.63) is 83.9 Å². The Bertz CT molecular complexity index is 989. The SMILES string of the molecule is C=Cc1ccc(CP(=O)(O)O)cc1.C=Cc1ccc(CP(=O)(O)OP(=O)([O-])[O-])cc1. The van der Waals surface area contributed by atoms with E-state index in [1.165, 1.54) is 12.1 Å². The summed E-state index contributed by atoms with van der Waals surface area (Å²) in [7, 11) is -13.9. The highest BCUT2D eigenvalue weighted by atomic mass is 31.3. The van der Waals surface area contributed by atoms with Crippen LogP contribution in [0.5, 0.6) is 0 Å². The summed E-state index contributed by atoms with van der Waals surface area (Å²) < 4.78 is 35.8. The Balaban J connectivity index is 0.000000311. The maximum atomic E-state index is 11.3. The molecule has 12 heteroatoms. The molecule has 0 amide bonds. The topological polar surface area (TPSA) is 167 Å². The lowest BCUT2D eigenvalue weighted by Crippen LogP contribution is -2.15. The number of hydrogen-bond donors (Lipinski definition) is 3. The number of phosphoric acid groups is 1. The predicted molar refractivity (Wildman–Crippen MR) is 111 cm³/mol. The zero-order valence-corrected chi connectivity index (χ0v) is 18.4. The standard InChI is InChI=1S/C9H12O6P2.C9H11O3P/c1-2-8-3-5-9(6-4-8)7-16(10,11)15-17(12,13)14;1-2-8-3-5-9(6-4-8)7-13(10,11)12/h2-6H,1,7H2,(H,10,11)(H2,12,13,14);2-6H,1,7H2,(H2,10,11,12)/p-2. The van der Waals surface area contributed by atoms with Gasteiger partial charge in [0.25, 0.3) is 0 Å². The molecule has 2 aromatic rings. The minimum absolute atomic E-state index is 0.204. The van der Waals surface area contributed by atoms with Gasteiger partial charge in [-0.3, -0.25) is 13.4 Å². The molecule has 0 aromatic heterocycles. The Morgan fingerprint density at radius 2 is 1.13 bits per heavy atom. The Kier molecular flexibility index (Phi) is 9.79. The van der Waals surface area contributed by atoms with Gasteiger partial charge in [0.05, 0.1) is 20.1 Å². The molecule has 0 saturated heterocycles. The number of benzene rings is 2. The van der Waals surface area contributed by atoms with Crippen molar-refractivity contribution in [3.8, 4) is 0 Å². The van der Waals surface area contributed by atoms with Crippen molar-refractivity contribution in [2.45, 2.75) is 12.3 Å². The zero-order valence-electron chi connectivity index (χ0n) is 15.7. The van der Waals surface area contributed by atoms with Crippen molar-refractivity contribution in [2.75, 3.05) is 0 Å². The third kappa shape index (κ3) is 11.5. The quantitative estimate of drug-likeness (QED) is 0.487. The van der Waals surface area contributed by atoms with Gasteiger partial charge in [-0.1, -0.05) is 73.8 Å². The van der Waals surface area contributed by atoms with Crippen LogP contribution < -0.4 is 9.79 Å². The molecule has 0 radical (unpaired) electrons. The van der Waals surface area contributed by atoms with Crippen LogP contribution in [-0.4, -0.2) is 14.7 Å². The van der Waals surface area contributed by atoms with Gasteiger partial charge in [-0.25, -0.2) is 0 Å². The highest BCUT2D eigenvalue weighted by Crippen LogP contribution is 2.55. The summed E-state index contributed by atoms with van der Waals surface area (Å²) in [6.07, 6.45) is 2.52. The van der Waals surface area contributed by atoms with Crippen LogP contribution in [0.1, 0.15) is 22.3 Å². The smallest absolute Gasteiger partial charge is 0.336 e. The van der Waals surface area contributed by atoms with Crippen molar-refractivity contribution in [1.82, 2.24) is 0 Å². The molecule has 0 bridgehead atoms. The van der Waals surface area contributed by atoms with Gasteiger partial charge in [0, 0.05) is 0 Å². The minimum Gasteiger partial charge on any atom is -0.789 e. The van der Waals surface area contributed by atoms with E-state index in [0.717, 1.165) is 11.1 Å².